The van der Waals surface area contributed by atoms with Crippen LogP contribution in [0.5, 0.6) is 5.75 Å². The van der Waals surface area contributed by atoms with Crippen LogP contribution in [0.3, 0.4) is 0 Å². The molecule has 3 rings (SSSR count). The van der Waals surface area contributed by atoms with Gasteiger partial charge in [0.15, 0.2) is 0 Å². The molecule has 0 heterocycles. The van der Waals surface area contributed by atoms with Crippen LogP contribution in [-0.4, -0.2) is 24.7 Å². The number of rotatable bonds is 5. The average molecular weight is 325 g/mol. The van der Waals surface area contributed by atoms with Gasteiger partial charge in [-0.05, 0) is 48.1 Å². The zero-order chi connectivity index (χ0) is 16.9. The van der Waals surface area contributed by atoms with E-state index in [0.717, 1.165) is 36.1 Å². The van der Waals surface area contributed by atoms with E-state index in [4.69, 9.17) is 4.74 Å². The third kappa shape index (κ3) is 3.60. The van der Waals surface area contributed by atoms with Crippen molar-refractivity contribution >= 4 is 5.91 Å². The summed E-state index contributed by atoms with van der Waals surface area (Å²) in [6.07, 6.45) is 2.20. The van der Waals surface area contributed by atoms with E-state index < -0.39 is 6.10 Å². The maximum atomic E-state index is 12.6. The monoisotopic (exact) mass is 325 g/mol. The lowest BCUT2D eigenvalue weighted by atomic mass is 9.82. The smallest absolute Gasteiger partial charge is 0.227 e. The zero-order valence-corrected chi connectivity index (χ0v) is 13.9. The fourth-order valence-electron chi connectivity index (χ4n) is 3.29. The number of aliphatic hydroxyl groups excluding tert-OH is 1. The topological polar surface area (TPSA) is 58.6 Å². The van der Waals surface area contributed by atoms with Crippen molar-refractivity contribution in [3.63, 3.8) is 0 Å². The molecule has 2 aromatic rings. The number of hydrogen-bond donors (Lipinski definition) is 2. The molecule has 1 amide bonds. The molecular formula is C20H23NO3. The minimum Gasteiger partial charge on any atom is -0.497 e. The molecule has 0 saturated carbocycles. The molecule has 4 heteroatoms. The van der Waals surface area contributed by atoms with E-state index in [1.165, 1.54) is 5.56 Å². The SMILES string of the molecule is COc1ccc(C(O)CNC(=O)C2CCCc3ccccc32)cc1. The van der Waals surface area contributed by atoms with Gasteiger partial charge in [0.2, 0.25) is 5.91 Å². The molecule has 2 atom stereocenters. The Morgan fingerprint density at radius 2 is 2.00 bits per heavy atom. The molecule has 1 aliphatic carbocycles. The van der Waals surface area contributed by atoms with Crippen LogP contribution in [0.4, 0.5) is 0 Å². The molecule has 4 nitrogen and oxygen atoms in total. The lowest BCUT2D eigenvalue weighted by Gasteiger charge is -2.25. The maximum absolute atomic E-state index is 12.6. The highest BCUT2D eigenvalue weighted by Gasteiger charge is 2.26. The first-order valence-electron chi connectivity index (χ1n) is 8.36. The summed E-state index contributed by atoms with van der Waals surface area (Å²) in [6, 6.07) is 15.4. The molecule has 2 unspecified atom stereocenters. The van der Waals surface area contributed by atoms with Gasteiger partial charge < -0.3 is 15.2 Å². The molecule has 0 radical (unpaired) electrons. The number of fused-ring (bicyclic) bond motifs is 1. The standard InChI is InChI=1S/C20H23NO3/c1-24-16-11-9-15(10-12-16)19(22)13-21-20(23)18-8-4-6-14-5-2-3-7-17(14)18/h2-3,5,7,9-12,18-19,22H,4,6,8,13H2,1H3,(H,21,23). The number of amides is 1. The number of benzene rings is 2. The van der Waals surface area contributed by atoms with Crippen molar-refractivity contribution in [1.29, 1.82) is 0 Å². The first-order chi connectivity index (χ1) is 11.7. The van der Waals surface area contributed by atoms with E-state index in [2.05, 4.69) is 11.4 Å². The number of ether oxygens (including phenoxy) is 1. The second-order valence-electron chi connectivity index (χ2n) is 6.18. The summed E-state index contributed by atoms with van der Waals surface area (Å²) >= 11 is 0. The van der Waals surface area contributed by atoms with Crippen LogP contribution in [0.25, 0.3) is 0 Å². The molecule has 2 aromatic carbocycles. The van der Waals surface area contributed by atoms with Crippen LogP contribution >= 0.6 is 0 Å². The number of carbonyl (C=O) groups excluding carboxylic acids is 1. The summed E-state index contributed by atoms with van der Waals surface area (Å²) in [5.74, 6) is 0.626. The Morgan fingerprint density at radius 1 is 1.25 bits per heavy atom. The van der Waals surface area contributed by atoms with Crippen molar-refractivity contribution in [3.05, 3.63) is 65.2 Å². The molecule has 0 spiro atoms. The Morgan fingerprint density at radius 3 is 2.75 bits per heavy atom. The Kier molecular flexibility index (Phi) is 5.16. The minimum atomic E-state index is -0.723. The van der Waals surface area contributed by atoms with Crippen LogP contribution in [0.1, 0.15) is 41.6 Å². The summed E-state index contributed by atoms with van der Waals surface area (Å²) < 4.78 is 5.11. The lowest BCUT2D eigenvalue weighted by Crippen LogP contribution is -2.34. The highest BCUT2D eigenvalue weighted by atomic mass is 16.5. The predicted molar refractivity (Wildman–Crippen MR) is 93.1 cm³/mol. The van der Waals surface area contributed by atoms with Gasteiger partial charge in [0.05, 0.1) is 19.1 Å². The lowest BCUT2D eigenvalue weighted by molar-refractivity contribution is -0.123. The van der Waals surface area contributed by atoms with E-state index in [0.29, 0.717) is 0 Å². The molecule has 0 bridgehead atoms. The first-order valence-corrected chi connectivity index (χ1v) is 8.36. The molecule has 126 valence electrons. The Balaban J connectivity index is 1.61. The van der Waals surface area contributed by atoms with Gasteiger partial charge in [0.1, 0.15) is 5.75 Å². The molecule has 24 heavy (non-hydrogen) atoms. The number of hydrogen-bond acceptors (Lipinski definition) is 3. The van der Waals surface area contributed by atoms with E-state index in [-0.39, 0.29) is 18.4 Å². The van der Waals surface area contributed by atoms with Crippen molar-refractivity contribution in [2.45, 2.75) is 31.3 Å². The quantitative estimate of drug-likeness (QED) is 0.888. The van der Waals surface area contributed by atoms with Gasteiger partial charge in [-0.2, -0.15) is 0 Å². The number of aliphatic hydroxyl groups is 1. The van der Waals surface area contributed by atoms with Crippen molar-refractivity contribution in [2.75, 3.05) is 13.7 Å². The van der Waals surface area contributed by atoms with Gasteiger partial charge in [-0.15, -0.1) is 0 Å². The summed E-state index contributed by atoms with van der Waals surface area (Å²) in [5.41, 5.74) is 3.15. The predicted octanol–water partition coefficient (Wildman–Crippen LogP) is 2.96. The number of nitrogens with one attached hydrogen (secondary N) is 1. The second kappa shape index (κ2) is 7.49. The van der Waals surface area contributed by atoms with Crippen LogP contribution in [-0.2, 0) is 11.2 Å². The number of methoxy groups -OCH3 is 1. The van der Waals surface area contributed by atoms with Crippen LogP contribution in [0, 0.1) is 0 Å². The summed E-state index contributed by atoms with van der Waals surface area (Å²) in [6.45, 7) is 0.212. The third-order valence-corrected chi connectivity index (χ3v) is 4.66. The molecule has 0 fully saturated rings. The van der Waals surface area contributed by atoms with Crippen LogP contribution in [0.2, 0.25) is 0 Å². The van der Waals surface area contributed by atoms with E-state index in [1.807, 2.05) is 30.3 Å². The maximum Gasteiger partial charge on any atom is 0.227 e. The molecule has 0 aliphatic heterocycles. The van der Waals surface area contributed by atoms with Gasteiger partial charge in [-0.25, -0.2) is 0 Å². The van der Waals surface area contributed by atoms with Gasteiger partial charge in [-0.1, -0.05) is 36.4 Å². The van der Waals surface area contributed by atoms with Gasteiger partial charge in [-0.3, -0.25) is 4.79 Å². The summed E-state index contributed by atoms with van der Waals surface area (Å²) in [4.78, 5) is 12.6. The highest BCUT2D eigenvalue weighted by molar-refractivity contribution is 5.84. The van der Waals surface area contributed by atoms with Crippen LogP contribution < -0.4 is 10.1 Å². The van der Waals surface area contributed by atoms with Crippen molar-refractivity contribution in [3.8, 4) is 5.75 Å². The van der Waals surface area contributed by atoms with Gasteiger partial charge in [0, 0.05) is 6.54 Å². The van der Waals surface area contributed by atoms with Gasteiger partial charge in [0.25, 0.3) is 0 Å². The Labute approximate surface area is 142 Å². The number of carbonyl (C=O) groups is 1. The largest absolute Gasteiger partial charge is 0.497 e. The number of aryl methyl sites for hydroxylation is 1. The van der Waals surface area contributed by atoms with E-state index >= 15 is 0 Å². The van der Waals surface area contributed by atoms with Crippen molar-refractivity contribution < 1.29 is 14.6 Å². The van der Waals surface area contributed by atoms with Gasteiger partial charge >= 0.3 is 0 Å². The van der Waals surface area contributed by atoms with E-state index in [9.17, 15) is 9.90 Å². The summed E-state index contributed by atoms with van der Waals surface area (Å²) in [7, 11) is 1.60. The molecule has 0 saturated heterocycles. The molecule has 1 aliphatic rings. The first kappa shape index (κ1) is 16.5. The van der Waals surface area contributed by atoms with Crippen LogP contribution in [0.15, 0.2) is 48.5 Å². The van der Waals surface area contributed by atoms with Crippen molar-refractivity contribution in [2.24, 2.45) is 0 Å². The zero-order valence-electron chi connectivity index (χ0n) is 13.9. The van der Waals surface area contributed by atoms with Crippen molar-refractivity contribution in [1.82, 2.24) is 5.32 Å². The Hall–Kier alpha value is -2.33. The average Bonchev–Trinajstić information content (AvgIpc) is 2.65. The molecule has 2 N–H and O–H groups in total. The molecular weight excluding hydrogens is 302 g/mol. The fourth-order valence-corrected chi connectivity index (χ4v) is 3.29. The summed E-state index contributed by atoms with van der Waals surface area (Å²) in [5, 5.41) is 13.2. The minimum absolute atomic E-state index is 0.00490. The normalized spacial score (nSPS) is 17.7. The Bertz CT molecular complexity index is 696. The second-order valence-corrected chi connectivity index (χ2v) is 6.18. The molecule has 0 aromatic heterocycles. The fraction of sp³-hybridized carbons (Fsp3) is 0.350. The third-order valence-electron chi connectivity index (χ3n) is 4.66. The van der Waals surface area contributed by atoms with E-state index in [1.54, 1.807) is 19.2 Å². The highest BCUT2D eigenvalue weighted by Crippen LogP contribution is 2.31.